The van der Waals surface area contributed by atoms with Crippen LogP contribution in [0.15, 0.2) is 29.5 Å². The minimum Gasteiger partial charge on any atom is -0.383 e. The lowest BCUT2D eigenvalue weighted by molar-refractivity contribution is 0.0954. The molecule has 1 unspecified atom stereocenters. The SMILES string of the molecule is CN=C(NCCNC(=O)c1cccnc1)NC(C)COC.I. The minimum atomic E-state index is -0.138. The molecule has 0 aliphatic carbocycles. The van der Waals surface area contributed by atoms with Gasteiger partial charge in [-0.05, 0) is 19.1 Å². The van der Waals surface area contributed by atoms with E-state index in [4.69, 9.17) is 4.74 Å². The molecule has 1 aromatic rings. The number of carbonyl (C=O) groups excluding carboxylic acids is 1. The Hall–Kier alpha value is -1.42. The molecule has 0 saturated heterocycles. The number of halogens is 1. The van der Waals surface area contributed by atoms with Crippen LogP contribution in [0, 0.1) is 0 Å². The maximum atomic E-state index is 11.8. The lowest BCUT2D eigenvalue weighted by atomic mass is 10.3. The second kappa shape index (κ2) is 12.2. The van der Waals surface area contributed by atoms with E-state index in [0.717, 1.165) is 0 Å². The van der Waals surface area contributed by atoms with Crippen molar-refractivity contribution < 1.29 is 9.53 Å². The largest absolute Gasteiger partial charge is 0.383 e. The summed E-state index contributed by atoms with van der Waals surface area (Å²) in [5.74, 6) is 0.538. The Morgan fingerprint density at radius 2 is 2.14 bits per heavy atom. The third-order valence-corrected chi connectivity index (χ3v) is 2.65. The quantitative estimate of drug-likeness (QED) is 0.260. The highest BCUT2D eigenvalue weighted by Crippen LogP contribution is 1.94. The molecule has 7 nitrogen and oxygen atoms in total. The number of nitrogens with zero attached hydrogens (tertiary/aromatic N) is 2. The highest BCUT2D eigenvalue weighted by molar-refractivity contribution is 14.0. The Morgan fingerprint density at radius 3 is 2.73 bits per heavy atom. The summed E-state index contributed by atoms with van der Waals surface area (Å²) in [7, 11) is 3.35. The van der Waals surface area contributed by atoms with Crippen LogP contribution in [0.4, 0.5) is 0 Å². The van der Waals surface area contributed by atoms with Gasteiger partial charge in [0.1, 0.15) is 0 Å². The number of aromatic nitrogens is 1. The molecular formula is C14H24IN5O2. The topological polar surface area (TPSA) is 87.6 Å². The van der Waals surface area contributed by atoms with Gasteiger partial charge in [0.15, 0.2) is 5.96 Å². The van der Waals surface area contributed by atoms with Crippen molar-refractivity contribution in [2.45, 2.75) is 13.0 Å². The van der Waals surface area contributed by atoms with Gasteiger partial charge in [-0.3, -0.25) is 14.8 Å². The van der Waals surface area contributed by atoms with Crippen molar-refractivity contribution in [2.24, 2.45) is 4.99 Å². The average Bonchev–Trinajstić information content (AvgIpc) is 2.51. The molecule has 3 N–H and O–H groups in total. The molecule has 1 rings (SSSR count). The van der Waals surface area contributed by atoms with E-state index in [1.54, 1.807) is 32.5 Å². The molecule has 22 heavy (non-hydrogen) atoms. The van der Waals surface area contributed by atoms with Gasteiger partial charge in [0.25, 0.3) is 5.91 Å². The number of rotatable bonds is 7. The van der Waals surface area contributed by atoms with E-state index in [0.29, 0.717) is 31.2 Å². The fraction of sp³-hybridized carbons (Fsp3) is 0.500. The zero-order chi connectivity index (χ0) is 15.5. The van der Waals surface area contributed by atoms with Crippen LogP contribution in [0.3, 0.4) is 0 Å². The van der Waals surface area contributed by atoms with Crippen molar-refractivity contribution >= 4 is 35.8 Å². The lowest BCUT2D eigenvalue weighted by Crippen LogP contribution is -2.46. The van der Waals surface area contributed by atoms with Gasteiger partial charge < -0.3 is 20.7 Å². The zero-order valence-electron chi connectivity index (χ0n) is 13.1. The molecule has 0 spiro atoms. The van der Waals surface area contributed by atoms with Crippen LogP contribution in [-0.2, 0) is 4.74 Å². The summed E-state index contributed by atoms with van der Waals surface area (Å²) in [6, 6.07) is 3.62. The van der Waals surface area contributed by atoms with Crippen molar-refractivity contribution in [1.82, 2.24) is 20.9 Å². The smallest absolute Gasteiger partial charge is 0.252 e. The first-order chi connectivity index (χ1) is 10.2. The van der Waals surface area contributed by atoms with Gasteiger partial charge in [-0.25, -0.2) is 0 Å². The number of ether oxygens (including phenoxy) is 1. The second-order valence-electron chi connectivity index (χ2n) is 4.50. The first-order valence-electron chi connectivity index (χ1n) is 6.81. The summed E-state index contributed by atoms with van der Waals surface area (Å²) >= 11 is 0. The Balaban J connectivity index is 0.00000441. The summed E-state index contributed by atoms with van der Waals surface area (Å²) < 4.78 is 5.05. The number of methoxy groups -OCH3 is 1. The first-order valence-corrected chi connectivity index (χ1v) is 6.81. The molecule has 1 heterocycles. The van der Waals surface area contributed by atoms with Gasteiger partial charge in [0, 0.05) is 45.7 Å². The van der Waals surface area contributed by atoms with Gasteiger partial charge >= 0.3 is 0 Å². The van der Waals surface area contributed by atoms with Gasteiger partial charge in [0.05, 0.1) is 12.2 Å². The van der Waals surface area contributed by atoms with Crippen molar-refractivity contribution in [1.29, 1.82) is 0 Å². The molecule has 1 amide bonds. The molecule has 124 valence electrons. The van der Waals surface area contributed by atoms with Gasteiger partial charge in [-0.2, -0.15) is 0 Å². The van der Waals surface area contributed by atoms with Crippen LogP contribution in [0.25, 0.3) is 0 Å². The van der Waals surface area contributed by atoms with Crippen LogP contribution < -0.4 is 16.0 Å². The number of amides is 1. The third-order valence-electron chi connectivity index (χ3n) is 2.65. The number of guanidine groups is 1. The molecule has 1 aromatic heterocycles. The van der Waals surface area contributed by atoms with Crippen LogP contribution in [0.1, 0.15) is 17.3 Å². The normalized spacial score (nSPS) is 12.0. The van der Waals surface area contributed by atoms with Gasteiger partial charge in [-0.1, -0.05) is 0 Å². The maximum absolute atomic E-state index is 11.8. The number of hydrogen-bond acceptors (Lipinski definition) is 4. The predicted molar refractivity (Wildman–Crippen MR) is 97.8 cm³/mol. The summed E-state index contributed by atoms with van der Waals surface area (Å²) in [6.07, 6.45) is 3.17. The van der Waals surface area contributed by atoms with Gasteiger partial charge in [0.2, 0.25) is 0 Å². The van der Waals surface area contributed by atoms with E-state index in [1.807, 2.05) is 6.92 Å². The van der Waals surface area contributed by atoms with Crippen molar-refractivity contribution in [3.8, 4) is 0 Å². The van der Waals surface area contributed by atoms with E-state index >= 15 is 0 Å². The maximum Gasteiger partial charge on any atom is 0.252 e. The molecule has 0 fully saturated rings. The molecule has 0 bridgehead atoms. The molecule has 0 aromatic carbocycles. The molecule has 0 aliphatic heterocycles. The summed E-state index contributed by atoms with van der Waals surface area (Å²) in [5, 5.41) is 9.11. The summed E-state index contributed by atoms with van der Waals surface area (Å²) in [5.41, 5.74) is 0.550. The van der Waals surface area contributed by atoms with Crippen LogP contribution >= 0.6 is 24.0 Å². The number of nitrogens with one attached hydrogen (secondary N) is 3. The summed E-state index contributed by atoms with van der Waals surface area (Å²) in [4.78, 5) is 19.8. The fourth-order valence-corrected chi connectivity index (χ4v) is 1.68. The lowest BCUT2D eigenvalue weighted by Gasteiger charge is -2.17. The molecule has 0 aliphatic rings. The fourth-order valence-electron chi connectivity index (χ4n) is 1.68. The number of carbonyl (C=O) groups is 1. The van der Waals surface area contributed by atoms with Crippen molar-refractivity contribution in [2.75, 3.05) is 33.9 Å². The first kappa shape index (κ1) is 20.6. The minimum absolute atomic E-state index is 0. The molecule has 1 atom stereocenters. The van der Waals surface area contributed by atoms with Crippen molar-refractivity contribution in [3.05, 3.63) is 30.1 Å². The van der Waals surface area contributed by atoms with Crippen LogP contribution in [0.5, 0.6) is 0 Å². The van der Waals surface area contributed by atoms with Crippen LogP contribution in [-0.4, -0.2) is 56.7 Å². The van der Waals surface area contributed by atoms with E-state index in [2.05, 4.69) is 25.9 Å². The standard InChI is InChI=1S/C14H23N5O2.HI/c1-11(10-21-3)19-14(15-2)18-8-7-17-13(20)12-5-4-6-16-9-12;/h4-6,9,11H,7-8,10H2,1-3H3,(H,17,20)(H2,15,18,19);1H. The van der Waals surface area contributed by atoms with E-state index in [1.165, 1.54) is 6.20 Å². The molecule has 0 saturated carbocycles. The highest BCUT2D eigenvalue weighted by atomic mass is 127. The molecular weight excluding hydrogens is 397 g/mol. The Bertz CT molecular complexity index is 456. The Labute approximate surface area is 148 Å². The van der Waals surface area contributed by atoms with Gasteiger partial charge in [-0.15, -0.1) is 24.0 Å². The summed E-state index contributed by atoms with van der Waals surface area (Å²) in [6.45, 7) is 3.66. The second-order valence-corrected chi connectivity index (χ2v) is 4.50. The zero-order valence-corrected chi connectivity index (χ0v) is 15.5. The monoisotopic (exact) mass is 421 g/mol. The number of hydrogen-bond donors (Lipinski definition) is 3. The molecule has 8 heteroatoms. The van der Waals surface area contributed by atoms with E-state index in [-0.39, 0.29) is 35.9 Å². The Kier molecular flexibility index (Phi) is 11.4. The third kappa shape index (κ3) is 8.13. The number of pyridine rings is 1. The number of aliphatic imine (C=N–C) groups is 1. The Morgan fingerprint density at radius 1 is 1.41 bits per heavy atom. The highest BCUT2D eigenvalue weighted by Gasteiger charge is 2.05. The van der Waals surface area contributed by atoms with E-state index < -0.39 is 0 Å². The average molecular weight is 421 g/mol. The van der Waals surface area contributed by atoms with Crippen LogP contribution in [0.2, 0.25) is 0 Å². The van der Waals surface area contributed by atoms with E-state index in [9.17, 15) is 4.79 Å². The van der Waals surface area contributed by atoms with Crippen molar-refractivity contribution in [3.63, 3.8) is 0 Å². The molecule has 0 radical (unpaired) electrons. The predicted octanol–water partition coefficient (Wildman–Crippen LogP) is 0.629.